The molecule has 1 rings (SSSR count). The summed E-state index contributed by atoms with van der Waals surface area (Å²) >= 11 is 0. The third kappa shape index (κ3) is 1.91. The lowest BCUT2D eigenvalue weighted by Gasteiger charge is -2.30. The third-order valence-corrected chi connectivity index (χ3v) is 1.63. The molecule has 0 aliphatic carbocycles. The van der Waals surface area contributed by atoms with Gasteiger partial charge >= 0.3 is 0 Å². The van der Waals surface area contributed by atoms with Crippen molar-refractivity contribution in [2.24, 2.45) is 5.84 Å². The van der Waals surface area contributed by atoms with Gasteiger partial charge in [0.05, 0.1) is 0 Å². The lowest BCUT2D eigenvalue weighted by molar-refractivity contribution is 0.0997. The zero-order valence-corrected chi connectivity index (χ0v) is 5.80. The Balaban J connectivity index is 2.18. The topological polar surface area (TPSA) is 44.5 Å². The minimum atomic E-state index is 0.959. The predicted octanol–water partition coefficient (Wildman–Crippen LogP) is -1.39. The van der Waals surface area contributed by atoms with Gasteiger partial charge in [0.15, 0.2) is 0 Å². The average molecular weight is 130 g/mol. The standard InChI is InChI=1S/C5H14N4/c1-7-9-4-2-8(6)3-5-9/h7H,2-6H2,1H3. The minimum absolute atomic E-state index is 0.959. The molecule has 3 N–H and O–H groups in total. The normalized spacial score (nSPS) is 24.7. The van der Waals surface area contributed by atoms with Gasteiger partial charge in [-0.15, -0.1) is 0 Å². The molecule has 0 unspecified atom stereocenters. The van der Waals surface area contributed by atoms with Crippen LogP contribution in [-0.2, 0) is 0 Å². The van der Waals surface area contributed by atoms with Crippen LogP contribution < -0.4 is 11.3 Å². The van der Waals surface area contributed by atoms with E-state index in [4.69, 9.17) is 5.84 Å². The van der Waals surface area contributed by atoms with Gasteiger partial charge < -0.3 is 0 Å². The van der Waals surface area contributed by atoms with Crippen molar-refractivity contribution in [1.29, 1.82) is 0 Å². The Bertz CT molecular complexity index is 77.0. The first kappa shape index (κ1) is 6.95. The van der Waals surface area contributed by atoms with Crippen LogP contribution in [0.25, 0.3) is 0 Å². The van der Waals surface area contributed by atoms with Crippen molar-refractivity contribution < 1.29 is 0 Å². The van der Waals surface area contributed by atoms with Crippen LogP contribution in [0, 0.1) is 0 Å². The molecule has 1 saturated heterocycles. The summed E-state index contributed by atoms with van der Waals surface area (Å²) in [6.45, 7) is 3.96. The highest BCUT2D eigenvalue weighted by atomic mass is 15.5. The largest absolute Gasteiger partial charge is 0.269 e. The fraction of sp³-hybridized carbons (Fsp3) is 1.00. The molecular formula is C5H14N4. The second-order valence-electron chi connectivity index (χ2n) is 2.25. The highest BCUT2D eigenvalue weighted by Crippen LogP contribution is 1.91. The van der Waals surface area contributed by atoms with Crippen LogP contribution in [0.2, 0.25) is 0 Å². The van der Waals surface area contributed by atoms with Gasteiger partial charge in [-0.25, -0.2) is 10.0 Å². The highest BCUT2D eigenvalue weighted by molar-refractivity contribution is 4.62. The Kier molecular flexibility index (Phi) is 2.41. The summed E-state index contributed by atoms with van der Waals surface area (Å²) in [5, 5.41) is 4.00. The second kappa shape index (κ2) is 3.12. The van der Waals surface area contributed by atoms with E-state index in [-0.39, 0.29) is 0 Å². The summed E-state index contributed by atoms with van der Waals surface area (Å²) in [6.07, 6.45) is 0. The average Bonchev–Trinajstić information content (AvgIpc) is 1.90. The van der Waals surface area contributed by atoms with Crippen molar-refractivity contribution in [2.45, 2.75) is 0 Å². The molecule has 54 valence electrons. The molecule has 0 amide bonds. The maximum Gasteiger partial charge on any atom is 0.0273 e. The molecule has 1 heterocycles. The van der Waals surface area contributed by atoms with Gasteiger partial charge in [0.1, 0.15) is 0 Å². The zero-order chi connectivity index (χ0) is 6.69. The lowest BCUT2D eigenvalue weighted by Crippen LogP contribution is -2.52. The van der Waals surface area contributed by atoms with Crippen LogP contribution in [0.4, 0.5) is 0 Å². The molecule has 0 radical (unpaired) electrons. The van der Waals surface area contributed by atoms with Crippen LogP contribution >= 0.6 is 0 Å². The van der Waals surface area contributed by atoms with E-state index in [0.29, 0.717) is 0 Å². The quantitative estimate of drug-likeness (QED) is 0.429. The van der Waals surface area contributed by atoms with Crippen molar-refractivity contribution in [1.82, 2.24) is 15.4 Å². The Morgan fingerprint density at radius 3 is 2.22 bits per heavy atom. The van der Waals surface area contributed by atoms with Gasteiger partial charge in [-0.3, -0.25) is 11.3 Å². The Labute approximate surface area is 55.5 Å². The van der Waals surface area contributed by atoms with Crippen LogP contribution in [0.1, 0.15) is 0 Å². The van der Waals surface area contributed by atoms with Crippen molar-refractivity contribution in [3.63, 3.8) is 0 Å². The first-order valence-corrected chi connectivity index (χ1v) is 3.25. The number of hydrogen-bond acceptors (Lipinski definition) is 4. The van der Waals surface area contributed by atoms with Crippen molar-refractivity contribution in [3.8, 4) is 0 Å². The molecule has 4 nitrogen and oxygen atoms in total. The van der Waals surface area contributed by atoms with Gasteiger partial charge in [0.25, 0.3) is 0 Å². The summed E-state index contributed by atoms with van der Waals surface area (Å²) in [4.78, 5) is 0. The van der Waals surface area contributed by atoms with E-state index in [2.05, 4.69) is 10.4 Å². The number of piperazine rings is 1. The number of hydrogen-bond donors (Lipinski definition) is 2. The fourth-order valence-electron chi connectivity index (χ4n) is 0.946. The first-order chi connectivity index (χ1) is 4.33. The van der Waals surface area contributed by atoms with Gasteiger partial charge in [-0.2, -0.15) is 0 Å². The van der Waals surface area contributed by atoms with Gasteiger partial charge in [0.2, 0.25) is 0 Å². The van der Waals surface area contributed by atoms with Crippen molar-refractivity contribution in [2.75, 3.05) is 33.2 Å². The smallest absolute Gasteiger partial charge is 0.0273 e. The summed E-state index contributed by atoms with van der Waals surface area (Å²) in [7, 11) is 1.94. The molecular weight excluding hydrogens is 116 g/mol. The Hall–Kier alpha value is -0.160. The van der Waals surface area contributed by atoms with Gasteiger partial charge in [-0.1, -0.05) is 0 Å². The summed E-state index contributed by atoms with van der Waals surface area (Å²) in [6, 6.07) is 0. The monoisotopic (exact) mass is 130 g/mol. The second-order valence-corrected chi connectivity index (χ2v) is 2.25. The summed E-state index contributed by atoms with van der Waals surface area (Å²) in [5.74, 6) is 5.53. The van der Waals surface area contributed by atoms with E-state index >= 15 is 0 Å². The zero-order valence-electron chi connectivity index (χ0n) is 5.80. The number of nitrogens with one attached hydrogen (secondary N) is 1. The summed E-state index contributed by atoms with van der Waals surface area (Å²) in [5.41, 5.74) is 3.08. The first-order valence-electron chi connectivity index (χ1n) is 3.25. The molecule has 1 aliphatic rings. The third-order valence-electron chi connectivity index (χ3n) is 1.63. The minimum Gasteiger partial charge on any atom is -0.269 e. The maximum atomic E-state index is 5.53. The molecule has 0 spiro atoms. The highest BCUT2D eigenvalue weighted by Gasteiger charge is 2.10. The van der Waals surface area contributed by atoms with Crippen LogP contribution in [0.3, 0.4) is 0 Å². The molecule has 4 heteroatoms. The number of rotatable bonds is 1. The van der Waals surface area contributed by atoms with E-state index in [1.54, 1.807) is 0 Å². The van der Waals surface area contributed by atoms with Crippen LogP contribution in [0.5, 0.6) is 0 Å². The lowest BCUT2D eigenvalue weighted by atomic mass is 10.4. The molecule has 0 saturated carbocycles. The molecule has 1 aliphatic heterocycles. The number of nitrogens with zero attached hydrogens (tertiary/aromatic N) is 2. The molecule has 0 aromatic carbocycles. The Morgan fingerprint density at radius 1 is 1.22 bits per heavy atom. The van der Waals surface area contributed by atoms with Crippen molar-refractivity contribution >= 4 is 0 Å². The van der Waals surface area contributed by atoms with E-state index in [1.807, 2.05) is 12.1 Å². The summed E-state index contributed by atoms with van der Waals surface area (Å²) < 4.78 is 0. The van der Waals surface area contributed by atoms with Crippen LogP contribution in [0.15, 0.2) is 0 Å². The van der Waals surface area contributed by atoms with Gasteiger partial charge in [0, 0.05) is 26.2 Å². The molecule has 0 aromatic rings. The number of hydrazine groups is 2. The number of nitrogens with two attached hydrogens (primary N) is 1. The Morgan fingerprint density at radius 2 is 1.78 bits per heavy atom. The predicted molar refractivity (Wildman–Crippen MR) is 36.4 cm³/mol. The maximum absolute atomic E-state index is 5.53. The molecule has 0 atom stereocenters. The SMILES string of the molecule is CNN1CCN(N)CC1. The fourth-order valence-corrected chi connectivity index (χ4v) is 0.946. The van der Waals surface area contributed by atoms with E-state index in [9.17, 15) is 0 Å². The molecule has 1 fully saturated rings. The van der Waals surface area contributed by atoms with Gasteiger partial charge in [-0.05, 0) is 7.05 Å². The van der Waals surface area contributed by atoms with Crippen molar-refractivity contribution in [3.05, 3.63) is 0 Å². The molecule has 0 aromatic heterocycles. The van der Waals surface area contributed by atoms with E-state index < -0.39 is 0 Å². The van der Waals surface area contributed by atoms with E-state index in [1.165, 1.54) is 0 Å². The van der Waals surface area contributed by atoms with Crippen LogP contribution in [-0.4, -0.2) is 43.2 Å². The molecule has 0 bridgehead atoms. The molecule has 9 heavy (non-hydrogen) atoms. The van der Waals surface area contributed by atoms with E-state index in [0.717, 1.165) is 26.2 Å².